The lowest BCUT2D eigenvalue weighted by molar-refractivity contribution is -0.137. The summed E-state index contributed by atoms with van der Waals surface area (Å²) in [6.07, 6.45) is -4.41. The molecule has 0 spiro atoms. The van der Waals surface area contributed by atoms with E-state index in [1.165, 1.54) is 24.3 Å². The molecule has 0 bridgehead atoms. The summed E-state index contributed by atoms with van der Waals surface area (Å²) in [6.45, 7) is 3.39. The van der Waals surface area contributed by atoms with Crippen LogP contribution in [0.1, 0.15) is 17.0 Å². The maximum atomic E-state index is 12.5. The number of nitrogens with zero attached hydrogens (tertiary/aromatic N) is 1. The van der Waals surface area contributed by atoms with Gasteiger partial charge in [-0.15, -0.1) is 0 Å². The van der Waals surface area contributed by atoms with Crippen LogP contribution in [0.15, 0.2) is 41.2 Å². The number of benzene rings is 1. The minimum atomic E-state index is -4.41. The number of rotatable bonds is 3. The average Bonchev–Trinajstić information content (AvgIpc) is 2.42. The second-order valence-corrected chi connectivity index (χ2v) is 5.18. The number of pyridine rings is 1. The highest BCUT2D eigenvalue weighted by molar-refractivity contribution is 5.90. The first-order valence-electron chi connectivity index (χ1n) is 6.82. The quantitative estimate of drug-likeness (QED) is 0.943. The van der Waals surface area contributed by atoms with Gasteiger partial charge in [0, 0.05) is 29.2 Å². The summed E-state index contributed by atoms with van der Waals surface area (Å²) in [5.74, 6) is -0.389. The van der Waals surface area contributed by atoms with Crippen LogP contribution in [-0.2, 0) is 17.5 Å². The van der Waals surface area contributed by atoms with Gasteiger partial charge in [0.05, 0.1) is 5.56 Å². The summed E-state index contributed by atoms with van der Waals surface area (Å²) in [5.41, 5.74) is 0.636. The predicted octanol–water partition coefficient (Wildman–Crippen LogP) is 3.12. The van der Waals surface area contributed by atoms with Crippen molar-refractivity contribution in [3.05, 3.63) is 63.6 Å². The molecule has 0 aliphatic heterocycles. The first-order chi connectivity index (χ1) is 10.7. The van der Waals surface area contributed by atoms with Crippen molar-refractivity contribution >= 4 is 11.6 Å². The molecule has 23 heavy (non-hydrogen) atoms. The molecule has 0 radical (unpaired) electrons. The molecule has 2 aromatic rings. The van der Waals surface area contributed by atoms with Crippen LogP contribution in [0.2, 0.25) is 0 Å². The molecule has 1 amide bonds. The van der Waals surface area contributed by atoms with Crippen LogP contribution in [0.5, 0.6) is 0 Å². The van der Waals surface area contributed by atoms with Gasteiger partial charge in [0.2, 0.25) is 5.91 Å². The Morgan fingerprint density at radius 3 is 2.09 bits per heavy atom. The van der Waals surface area contributed by atoms with Gasteiger partial charge in [-0.1, -0.05) is 0 Å². The molecule has 7 heteroatoms. The molecule has 0 atom stereocenters. The smallest absolute Gasteiger partial charge is 0.340 e. The summed E-state index contributed by atoms with van der Waals surface area (Å²) >= 11 is 0. The number of hydrogen-bond donors (Lipinski definition) is 1. The normalized spacial score (nSPS) is 11.3. The molecule has 2 rings (SSSR count). The molecular formula is C16H15F3N2O2. The Morgan fingerprint density at radius 1 is 1.09 bits per heavy atom. The third-order valence-electron chi connectivity index (χ3n) is 3.35. The fourth-order valence-corrected chi connectivity index (χ4v) is 2.22. The zero-order valence-corrected chi connectivity index (χ0v) is 12.6. The molecule has 0 aliphatic carbocycles. The van der Waals surface area contributed by atoms with Crippen molar-refractivity contribution in [2.75, 3.05) is 5.32 Å². The number of anilines is 1. The van der Waals surface area contributed by atoms with Gasteiger partial charge in [-0.05, 0) is 38.1 Å². The Balaban J connectivity index is 2.10. The van der Waals surface area contributed by atoms with Crippen molar-refractivity contribution < 1.29 is 18.0 Å². The number of nitrogens with one attached hydrogen (secondary N) is 1. The predicted molar refractivity (Wildman–Crippen MR) is 80.2 cm³/mol. The van der Waals surface area contributed by atoms with E-state index < -0.39 is 11.7 Å². The average molecular weight is 324 g/mol. The molecule has 0 saturated carbocycles. The lowest BCUT2D eigenvalue weighted by Crippen LogP contribution is -2.23. The van der Waals surface area contributed by atoms with Crippen molar-refractivity contribution in [1.29, 1.82) is 0 Å². The summed E-state index contributed by atoms with van der Waals surface area (Å²) < 4.78 is 39.1. The van der Waals surface area contributed by atoms with Crippen molar-refractivity contribution in [1.82, 2.24) is 4.57 Å². The first-order valence-corrected chi connectivity index (χ1v) is 6.82. The van der Waals surface area contributed by atoms with E-state index in [2.05, 4.69) is 5.32 Å². The largest absolute Gasteiger partial charge is 0.416 e. The fraction of sp³-hybridized carbons (Fsp3) is 0.250. The molecule has 4 nitrogen and oxygen atoms in total. The number of alkyl halides is 3. The third-order valence-corrected chi connectivity index (χ3v) is 3.35. The minimum absolute atomic E-state index is 0.0288. The molecule has 1 aromatic heterocycles. The number of hydrogen-bond acceptors (Lipinski definition) is 2. The molecular weight excluding hydrogens is 309 g/mol. The summed E-state index contributed by atoms with van der Waals surface area (Å²) in [5, 5.41) is 2.53. The second-order valence-electron chi connectivity index (χ2n) is 5.18. The summed E-state index contributed by atoms with van der Waals surface area (Å²) in [4.78, 5) is 23.4. The molecule has 0 unspecified atom stereocenters. The topological polar surface area (TPSA) is 51.1 Å². The highest BCUT2D eigenvalue weighted by Gasteiger charge is 2.29. The van der Waals surface area contributed by atoms with Crippen LogP contribution in [0.25, 0.3) is 0 Å². The van der Waals surface area contributed by atoms with Crippen molar-refractivity contribution in [2.24, 2.45) is 0 Å². The van der Waals surface area contributed by atoms with Gasteiger partial charge in [0.15, 0.2) is 5.43 Å². The molecule has 122 valence electrons. The van der Waals surface area contributed by atoms with Crippen molar-refractivity contribution in [2.45, 2.75) is 26.6 Å². The SMILES string of the molecule is Cc1cc(=O)cc(C)n1CC(=O)Nc1ccc(C(F)(F)F)cc1. The number of carbonyl (C=O) groups excluding carboxylic acids is 1. The lowest BCUT2D eigenvalue weighted by Gasteiger charge is -2.14. The molecule has 1 N–H and O–H groups in total. The Bertz CT molecular complexity index is 751. The zero-order chi connectivity index (χ0) is 17.2. The molecule has 1 heterocycles. The van der Waals surface area contributed by atoms with E-state index in [-0.39, 0.29) is 23.6 Å². The van der Waals surface area contributed by atoms with E-state index >= 15 is 0 Å². The van der Waals surface area contributed by atoms with Crippen molar-refractivity contribution in [3.8, 4) is 0 Å². The monoisotopic (exact) mass is 324 g/mol. The minimum Gasteiger partial charge on any atom is -0.340 e. The molecule has 0 aliphatic rings. The Kier molecular flexibility index (Phi) is 4.58. The number of aromatic nitrogens is 1. The number of carbonyl (C=O) groups is 1. The molecule has 0 saturated heterocycles. The van der Waals surface area contributed by atoms with Crippen LogP contribution < -0.4 is 10.7 Å². The first kappa shape index (κ1) is 16.8. The van der Waals surface area contributed by atoms with Gasteiger partial charge < -0.3 is 9.88 Å². The standard InChI is InChI=1S/C16H15F3N2O2/c1-10-7-14(22)8-11(2)21(10)9-15(23)20-13-5-3-12(4-6-13)16(17,18)19/h3-8H,9H2,1-2H3,(H,20,23). The van der Waals surface area contributed by atoms with E-state index in [1.54, 1.807) is 18.4 Å². The van der Waals surface area contributed by atoms with Crippen LogP contribution >= 0.6 is 0 Å². The molecule has 1 aromatic carbocycles. The van der Waals surface area contributed by atoms with Gasteiger partial charge >= 0.3 is 6.18 Å². The van der Waals surface area contributed by atoms with Crippen LogP contribution in [-0.4, -0.2) is 10.5 Å². The van der Waals surface area contributed by atoms with Crippen LogP contribution in [0.3, 0.4) is 0 Å². The maximum absolute atomic E-state index is 12.5. The highest BCUT2D eigenvalue weighted by Crippen LogP contribution is 2.29. The van der Waals surface area contributed by atoms with Gasteiger partial charge in [0.1, 0.15) is 6.54 Å². The Morgan fingerprint density at radius 2 is 1.61 bits per heavy atom. The van der Waals surface area contributed by atoms with Gasteiger partial charge in [-0.2, -0.15) is 13.2 Å². The van der Waals surface area contributed by atoms with E-state index in [0.717, 1.165) is 12.1 Å². The summed E-state index contributed by atoms with van der Waals surface area (Å²) in [7, 11) is 0. The number of amides is 1. The molecule has 0 fully saturated rings. The Labute approximate surface area is 130 Å². The lowest BCUT2D eigenvalue weighted by atomic mass is 10.2. The number of halogens is 3. The maximum Gasteiger partial charge on any atom is 0.416 e. The van der Waals surface area contributed by atoms with E-state index in [0.29, 0.717) is 11.4 Å². The zero-order valence-electron chi connectivity index (χ0n) is 12.6. The second kappa shape index (κ2) is 6.28. The van der Waals surface area contributed by atoms with Crippen LogP contribution in [0.4, 0.5) is 18.9 Å². The fourth-order valence-electron chi connectivity index (χ4n) is 2.22. The van der Waals surface area contributed by atoms with Gasteiger partial charge in [-0.3, -0.25) is 9.59 Å². The highest BCUT2D eigenvalue weighted by atomic mass is 19.4. The van der Waals surface area contributed by atoms with E-state index in [4.69, 9.17) is 0 Å². The van der Waals surface area contributed by atoms with Gasteiger partial charge in [0.25, 0.3) is 0 Å². The third kappa shape index (κ3) is 4.21. The van der Waals surface area contributed by atoms with Gasteiger partial charge in [-0.25, -0.2) is 0 Å². The van der Waals surface area contributed by atoms with Crippen LogP contribution in [0, 0.1) is 13.8 Å². The number of aryl methyl sites for hydroxylation is 2. The summed E-state index contributed by atoms with van der Waals surface area (Å²) in [6, 6.07) is 7.05. The van der Waals surface area contributed by atoms with E-state index in [1.807, 2.05) is 0 Å². The van der Waals surface area contributed by atoms with E-state index in [9.17, 15) is 22.8 Å². The Hall–Kier alpha value is -2.57. The van der Waals surface area contributed by atoms with Crippen molar-refractivity contribution in [3.63, 3.8) is 0 Å².